The number of nitrogens with zero attached hydrogens (tertiary/aromatic N) is 3. The number of anilines is 3. The van der Waals surface area contributed by atoms with Gasteiger partial charge in [0.2, 0.25) is 0 Å². The third-order valence-corrected chi connectivity index (χ3v) is 4.86. The molecule has 1 aliphatic heterocycles. The fourth-order valence-corrected chi connectivity index (χ4v) is 3.20. The van der Waals surface area contributed by atoms with Crippen LogP contribution >= 0.6 is 0 Å². The van der Waals surface area contributed by atoms with E-state index in [1.165, 1.54) is 6.33 Å². The quantitative estimate of drug-likeness (QED) is 0.545. The summed E-state index contributed by atoms with van der Waals surface area (Å²) < 4.78 is 16.0. The molecule has 1 saturated heterocycles. The van der Waals surface area contributed by atoms with Crippen molar-refractivity contribution in [2.75, 3.05) is 76.5 Å². The van der Waals surface area contributed by atoms with Crippen LogP contribution in [0.25, 0.3) is 0 Å². The number of hydrogen-bond acceptors (Lipinski definition) is 9. The number of methoxy groups -OCH3 is 2. The molecule has 0 amide bonds. The van der Waals surface area contributed by atoms with Gasteiger partial charge in [0.1, 0.15) is 12.0 Å². The van der Waals surface area contributed by atoms with Gasteiger partial charge in [-0.25, -0.2) is 9.97 Å². The third kappa shape index (κ3) is 5.85. The summed E-state index contributed by atoms with van der Waals surface area (Å²) in [5, 5.41) is 6.60. The lowest BCUT2D eigenvalue weighted by Crippen LogP contribution is -2.39. The van der Waals surface area contributed by atoms with Gasteiger partial charge in [0.05, 0.1) is 27.4 Å². The molecule has 9 heteroatoms. The Hall–Kier alpha value is -2.78. The Kier molecular flexibility index (Phi) is 7.71. The summed E-state index contributed by atoms with van der Waals surface area (Å²) in [4.78, 5) is 10.9. The number of nitrogen functional groups attached to an aromatic ring is 1. The molecule has 1 aliphatic rings. The predicted octanol–water partition coefficient (Wildman–Crippen LogP) is 1.47. The number of ether oxygens (including phenoxy) is 3. The molecule has 0 radical (unpaired) electrons. The van der Waals surface area contributed by atoms with Gasteiger partial charge in [0.25, 0.3) is 0 Å². The standard InChI is InChI=1S/C20H30N6O3/c1-27-16-4-3-15(13-17(16)28-2)5-6-22-19-18(21)20(25-14-24-19)23-7-8-26-9-11-29-12-10-26/h3-4,13-14H,5-12,21H2,1-2H3,(H2,22,23,24,25). The van der Waals surface area contributed by atoms with Crippen LogP contribution in [0.4, 0.5) is 17.3 Å². The number of benzene rings is 1. The molecule has 0 spiro atoms. The van der Waals surface area contributed by atoms with E-state index in [0.29, 0.717) is 23.9 Å². The van der Waals surface area contributed by atoms with Crippen molar-refractivity contribution in [3.05, 3.63) is 30.1 Å². The Balaban J connectivity index is 1.50. The van der Waals surface area contributed by atoms with Crippen molar-refractivity contribution >= 4 is 17.3 Å². The second-order valence-electron chi connectivity index (χ2n) is 6.73. The van der Waals surface area contributed by atoms with Gasteiger partial charge in [0.15, 0.2) is 23.1 Å². The minimum absolute atomic E-state index is 0.529. The van der Waals surface area contributed by atoms with Crippen LogP contribution in [0.2, 0.25) is 0 Å². The fourth-order valence-electron chi connectivity index (χ4n) is 3.20. The van der Waals surface area contributed by atoms with E-state index in [2.05, 4.69) is 25.5 Å². The van der Waals surface area contributed by atoms with E-state index >= 15 is 0 Å². The molecule has 158 valence electrons. The Morgan fingerprint density at radius 2 is 1.72 bits per heavy atom. The zero-order valence-corrected chi connectivity index (χ0v) is 17.1. The monoisotopic (exact) mass is 402 g/mol. The van der Waals surface area contributed by atoms with Crippen molar-refractivity contribution in [1.82, 2.24) is 14.9 Å². The average Bonchev–Trinajstić information content (AvgIpc) is 2.76. The number of aromatic nitrogens is 2. The smallest absolute Gasteiger partial charge is 0.160 e. The first-order valence-corrected chi connectivity index (χ1v) is 9.80. The molecule has 3 rings (SSSR count). The third-order valence-electron chi connectivity index (χ3n) is 4.86. The molecule has 0 saturated carbocycles. The van der Waals surface area contributed by atoms with E-state index < -0.39 is 0 Å². The number of rotatable bonds is 10. The molecule has 0 aliphatic carbocycles. The summed E-state index contributed by atoms with van der Waals surface area (Å²) in [6.45, 7) is 5.90. The molecule has 1 aromatic heterocycles. The van der Waals surface area contributed by atoms with Crippen molar-refractivity contribution < 1.29 is 14.2 Å². The summed E-state index contributed by atoms with van der Waals surface area (Å²) in [5.74, 6) is 2.73. The number of nitrogens with two attached hydrogens (primary N) is 1. The van der Waals surface area contributed by atoms with Crippen molar-refractivity contribution in [1.29, 1.82) is 0 Å². The van der Waals surface area contributed by atoms with Crippen LogP contribution in [0.5, 0.6) is 11.5 Å². The normalized spacial score (nSPS) is 14.4. The molecule has 1 aromatic carbocycles. The molecule has 29 heavy (non-hydrogen) atoms. The minimum atomic E-state index is 0.529. The van der Waals surface area contributed by atoms with Gasteiger partial charge >= 0.3 is 0 Å². The Labute approximate surface area is 171 Å². The van der Waals surface area contributed by atoms with E-state index in [1.54, 1.807) is 14.2 Å². The molecule has 1 fully saturated rings. The molecule has 9 nitrogen and oxygen atoms in total. The molecule has 0 atom stereocenters. The van der Waals surface area contributed by atoms with E-state index in [-0.39, 0.29) is 0 Å². The Bertz CT molecular complexity index is 783. The van der Waals surface area contributed by atoms with Gasteiger partial charge in [-0.2, -0.15) is 0 Å². The first kappa shape index (κ1) is 20.9. The summed E-state index contributed by atoms with van der Waals surface area (Å²) in [6, 6.07) is 5.90. The number of nitrogens with one attached hydrogen (secondary N) is 2. The first-order valence-electron chi connectivity index (χ1n) is 9.80. The lowest BCUT2D eigenvalue weighted by atomic mass is 10.1. The largest absolute Gasteiger partial charge is 0.493 e. The summed E-state index contributed by atoms with van der Waals surface area (Å²) in [6.07, 6.45) is 2.32. The fraction of sp³-hybridized carbons (Fsp3) is 0.500. The maximum atomic E-state index is 6.25. The van der Waals surface area contributed by atoms with Crippen LogP contribution in [-0.4, -0.2) is 75.0 Å². The molecule has 4 N–H and O–H groups in total. The Morgan fingerprint density at radius 3 is 2.41 bits per heavy atom. The second kappa shape index (κ2) is 10.7. The molecular formula is C20H30N6O3. The van der Waals surface area contributed by atoms with Gasteiger partial charge < -0.3 is 30.6 Å². The first-order chi connectivity index (χ1) is 14.2. The number of morpholine rings is 1. The topological polar surface area (TPSA) is 107 Å². The highest BCUT2D eigenvalue weighted by Gasteiger charge is 2.11. The van der Waals surface area contributed by atoms with Gasteiger partial charge in [0, 0.05) is 32.7 Å². The average molecular weight is 402 g/mol. The summed E-state index contributed by atoms with van der Waals surface area (Å²) >= 11 is 0. The molecular weight excluding hydrogens is 372 g/mol. The van der Waals surface area contributed by atoms with Crippen LogP contribution in [0.3, 0.4) is 0 Å². The highest BCUT2D eigenvalue weighted by molar-refractivity contribution is 5.73. The van der Waals surface area contributed by atoms with Gasteiger partial charge in [-0.3, -0.25) is 4.90 Å². The molecule has 2 aromatic rings. The highest BCUT2D eigenvalue weighted by Crippen LogP contribution is 2.28. The second-order valence-corrected chi connectivity index (χ2v) is 6.73. The molecule has 0 unspecified atom stereocenters. The maximum absolute atomic E-state index is 6.25. The van der Waals surface area contributed by atoms with E-state index in [9.17, 15) is 0 Å². The maximum Gasteiger partial charge on any atom is 0.160 e. The Morgan fingerprint density at radius 1 is 1.03 bits per heavy atom. The van der Waals surface area contributed by atoms with Crippen LogP contribution in [0.1, 0.15) is 5.56 Å². The van der Waals surface area contributed by atoms with Crippen molar-refractivity contribution in [3.63, 3.8) is 0 Å². The van der Waals surface area contributed by atoms with E-state index in [1.807, 2.05) is 18.2 Å². The van der Waals surface area contributed by atoms with Crippen LogP contribution in [0, 0.1) is 0 Å². The lowest BCUT2D eigenvalue weighted by Gasteiger charge is -2.26. The van der Waals surface area contributed by atoms with Crippen molar-refractivity contribution in [3.8, 4) is 11.5 Å². The zero-order valence-electron chi connectivity index (χ0n) is 17.1. The van der Waals surface area contributed by atoms with Crippen molar-refractivity contribution in [2.45, 2.75) is 6.42 Å². The SMILES string of the molecule is COc1ccc(CCNc2ncnc(NCCN3CCOCC3)c2N)cc1OC. The minimum Gasteiger partial charge on any atom is -0.493 e. The van der Waals surface area contributed by atoms with Gasteiger partial charge in [-0.15, -0.1) is 0 Å². The van der Waals surface area contributed by atoms with Crippen LogP contribution in [0.15, 0.2) is 24.5 Å². The van der Waals surface area contributed by atoms with E-state index in [0.717, 1.165) is 62.9 Å². The summed E-state index contributed by atoms with van der Waals surface area (Å²) in [5.41, 5.74) is 7.91. The van der Waals surface area contributed by atoms with Gasteiger partial charge in [-0.05, 0) is 24.1 Å². The van der Waals surface area contributed by atoms with E-state index in [4.69, 9.17) is 19.9 Å². The van der Waals surface area contributed by atoms with Crippen molar-refractivity contribution in [2.24, 2.45) is 0 Å². The summed E-state index contributed by atoms with van der Waals surface area (Å²) in [7, 11) is 3.26. The zero-order chi connectivity index (χ0) is 20.5. The van der Waals surface area contributed by atoms with Crippen LogP contribution in [-0.2, 0) is 11.2 Å². The predicted molar refractivity (Wildman–Crippen MR) is 114 cm³/mol. The lowest BCUT2D eigenvalue weighted by molar-refractivity contribution is 0.0398. The number of hydrogen-bond donors (Lipinski definition) is 3. The van der Waals surface area contributed by atoms with Crippen LogP contribution < -0.4 is 25.8 Å². The van der Waals surface area contributed by atoms with Gasteiger partial charge in [-0.1, -0.05) is 6.07 Å². The molecule has 0 bridgehead atoms. The highest BCUT2D eigenvalue weighted by atomic mass is 16.5. The molecule has 2 heterocycles.